The average molecular weight is 251 g/mol. The first-order valence-electron chi connectivity index (χ1n) is 6.53. The highest BCUT2D eigenvalue weighted by Crippen LogP contribution is 2.19. The van der Waals surface area contributed by atoms with Crippen LogP contribution in [0.1, 0.15) is 30.4 Å². The monoisotopic (exact) mass is 251 g/mol. The summed E-state index contributed by atoms with van der Waals surface area (Å²) in [5.74, 6) is 0.593. The summed E-state index contributed by atoms with van der Waals surface area (Å²) in [5, 5.41) is 8.74. The number of nitrogens with zero attached hydrogens (tertiary/aromatic N) is 3. The van der Waals surface area contributed by atoms with E-state index in [9.17, 15) is 0 Å². The molecule has 0 amide bonds. The molecule has 1 aromatic heterocycles. The van der Waals surface area contributed by atoms with Gasteiger partial charge in [-0.15, -0.1) is 0 Å². The van der Waals surface area contributed by atoms with Gasteiger partial charge in [0.2, 0.25) is 0 Å². The van der Waals surface area contributed by atoms with Crippen molar-refractivity contribution in [3.8, 4) is 17.3 Å². The SMILES string of the molecule is CCCc1ccc(-c2cc(C)nc(CC#N)n2)cc1. The van der Waals surface area contributed by atoms with Gasteiger partial charge in [-0.2, -0.15) is 5.26 Å². The third-order valence-electron chi connectivity index (χ3n) is 2.93. The zero-order valence-electron chi connectivity index (χ0n) is 11.3. The summed E-state index contributed by atoms with van der Waals surface area (Å²) < 4.78 is 0. The molecular formula is C16H17N3. The minimum Gasteiger partial charge on any atom is -0.237 e. The Hall–Kier alpha value is -2.21. The van der Waals surface area contributed by atoms with E-state index in [1.807, 2.05) is 13.0 Å². The first kappa shape index (κ1) is 13.2. The summed E-state index contributed by atoms with van der Waals surface area (Å²) in [4.78, 5) is 8.70. The number of benzene rings is 1. The summed E-state index contributed by atoms with van der Waals surface area (Å²) in [7, 11) is 0. The van der Waals surface area contributed by atoms with Gasteiger partial charge in [0.1, 0.15) is 5.82 Å². The van der Waals surface area contributed by atoms with Crippen LogP contribution in [0, 0.1) is 18.3 Å². The van der Waals surface area contributed by atoms with E-state index in [0.717, 1.165) is 29.8 Å². The summed E-state index contributed by atoms with van der Waals surface area (Å²) in [6.45, 7) is 4.10. The molecular weight excluding hydrogens is 234 g/mol. The summed E-state index contributed by atoms with van der Waals surface area (Å²) >= 11 is 0. The Bertz CT molecular complexity index is 594. The quantitative estimate of drug-likeness (QED) is 0.836. The molecule has 0 saturated carbocycles. The average Bonchev–Trinajstić information content (AvgIpc) is 2.40. The maximum Gasteiger partial charge on any atom is 0.143 e. The topological polar surface area (TPSA) is 49.6 Å². The van der Waals surface area contributed by atoms with E-state index in [0.29, 0.717) is 5.82 Å². The molecule has 19 heavy (non-hydrogen) atoms. The predicted molar refractivity (Wildman–Crippen MR) is 75.5 cm³/mol. The van der Waals surface area contributed by atoms with Crippen molar-refractivity contribution in [2.24, 2.45) is 0 Å². The fraction of sp³-hybridized carbons (Fsp3) is 0.312. The molecule has 0 fully saturated rings. The van der Waals surface area contributed by atoms with Gasteiger partial charge in [-0.1, -0.05) is 37.6 Å². The van der Waals surface area contributed by atoms with Gasteiger partial charge in [0.25, 0.3) is 0 Å². The van der Waals surface area contributed by atoms with Gasteiger partial charge < -0.3 is 0 Å². The van der Waals surface area contributed by atoms with Crippen molar-refractivity contribution in [1.29, 1.82) is 5.26 Å². The van der Waals surface area contributed by atoms with Crippen LogP contribution < -0.4 is 0 Å². The van der Waals surface area contributed by atoms with Crippen LogP contribution in [0.15, 0.2) is 30.3 Å². The first-order valence-corrected chi connectivity index (χ1v) is 6.53. The molecule has 0 saturated heterocycles. The summed E-state index contributed by atoms with van der Waals surface area (Å²) in [5.41, 5.74) is 4.20. The third kappa shape index (κ3) is 3.38. The molecule has 0 radical (unpaired) electrons. The molecule has 0 bridgehead atoms. The molecule has 3 nitrogen and oxygen atoms in total. The van der Waals surface area contributed by atoms with Crippen LogP contribution >= 0.6 is 0 Å². The number of aryl methyl sites for hydroxylation is 2. The number of hydrogen-bond acceptors (Lipinski definition) is 3. The van der Waals surface area contributed by atoms with E-state index >= 15 is 0 Å². The Labute approximate surface area is 114 Å². The maximum atomic E-state index is 8.74. The van der Waals surface area contributed by atoms with Gasteiger partial charge in [0.05, 0.1) is 18.2 Å². The van der Waals surface area contributed by atoms with Gasteiger partial charge in [0, 0.05) is 11.3 Å². The summed E-state index contributed by atoms with van der Waals surface area (Å²) in [6, 6.07) is 12.5. The molecule has 0 aliphatic heterocycles. The van der Waals surface area contributed by atoms with Crippen LogP contribution in [-0.2, 0) is 12.8 Å². The predicted octanol–water partition coefficient (Wildman–Crippen LogP) is 3.47. The Morgan fingerprint density at radius 1 is 1.16 bits per heavy atom. The highest BCUT2D eigenvalue weighted by molar-refractivity contribution is 5.59. The maximum absolute atomic E-state index is 8.74. The van der Waals surface area contributed by atoms with Gasteiger partial charge >= 0.3 is 0 Å². The number of hydrogen-bond donors (Lipinski definition) is 0. The van der Waals surface area contributed by atoms with Crippen LogP contribution in [0.4, 0.5) is 0 Å². The largest absolute Gasteiger partial charge is 0.237 e. The van der Waals surface area contributed by atoms with Crippen molar-refractivity contribution in [3.05, 3.63) is 47.4 Å². The second-order valence-electron chi connectivity index (χ2n) is 4.59. The van der Waals surface area contributed by atoms with Crippen molar-refractivity contribution >= 4 is 0 Å². The number of nitriles is 1. The second kappa shape index (κ2) is 6.10. The lowest BCUT2D eigenvalue weighted by molar-refractivity contribution is 0.922. The van der Waals surface area contributed by atoms with Crippen LogP contribution in [-0.4, -0.2) is 9.97 Å². The minimum atomic E-state index is 0.253. The standard InChI is InChI=1S/C16H17N3/c1-3-4-13-5-7-14(8-6-13)15-11-12(2)18-16(19-15)9-10-17/h5-8,11H,3-4,9H2,1-2H3. The molecule has 0 aliphatic rings. The van der Waals surface area contributed by atoms with E-state index in [2.05, 4.69) is 47.2 Å². The Morgan fingerprint density at radius 2 is 1.89 bits per heavy atom. The van der Waals surface area contributed by atoms with E-state index in [4.69, 9.17) is 5.26 Å². The lowest BCUT2D eigenvalue weighted by Gasteiger charge is -2.05. The molecule has 1 heterocycles. The van der Waals surface area contributed by atoms with Crippen LogP contribution in [0.2, 0.25) is 0 Å². The number of rotatable bonds is 4. The Kier molecular flexibility index (Phi) is 4.25. The first-order chi connectivity index (χ1) is 9.22. The Morgan fingerprint density at radius 3 is 2.53 bits per heavy atom. The zero-order chi connectivity index (χ0) is 13.7. The number of aromatic nitrogens is 2. The fourth-order valence-corrected chi connectivity index (χ4v) is 2.06. The van der Waals surface area contributed by atoms with Crippen molar-refractivity contribution in [1.82, 2.24) is 9.97 Å². The molecule has 2 rings (SSSR count). The van der Waals surface area contributed by atoms with Gasteiger partial charge in [-0.25, -0.2) is 9.97 Å². The van der Waals surface area contributed by atoms with Crippen LogP contribution in [0.3, 0.4) is 0 Å². The molecule has 0 N–H and O–H groups in total. The second-order valence-corrected chi connectivity index (χ2v) is 4.59. The van der Waals surface area contributed by atoms with E-state index in [1.54, 1.807) is 0 Å². The normalized spacial score (nSPS) is 10.2. The molecule has 1 aromatic carbocycles. The van der Waals surface area contributed by atoms with Gasteiger partial charge in [-0.05, 0) is 25.0 Å². The van der Waals surface area contributed by atoms with E-state index in [-0.39, 0.29) is 6.42 Å². The lowest BCUT2D eigenvalue weighted by Crippen LogP contribution is -1.98. The summed E-state index contributed by atoms with van der Waals surface area (Å²) in [6.07, 6.45) is 2.50. The smallest absolute Gasteiger partial charge is 0.143 e. The third-order valence-corrected chi connectivity index (χ3v) is 2.93. The molecule has 0 atom stereocenters. The van der Waals surface area contributed by atoms with Crippen molar-refractivity contribution < 1.29 is 0 Å². The van der Waals surface area contributed by atoms with Gasteiger partial charge in [-0.3, -0.25) is 0 Å². The highest BCUT2D eigenvalue weighted by atomic mass is 14.9. The van der Waals surface area contributed by atoms with Crippen LogP contribution in [0.25, 0.3) is 11.3 Å². The highest BCUT2D eigenvalue weighted by Gasteiger charge is 2.04. The molecule has 96 valence electrons. The minimum absolute atomic E-state index is 0.253. The van der Waals surface area contributed by atoms with Crippen LogP contribution in [0.5, 0.6) is 0 Å². The molecule has 0 spiro atoms. The van der Waals surface area contributed by atoms with E-state index in [1.165, 1.54) is 5.56 Å². The molecule has 0 unspecified atom stereocenters. The van der Waals surface area contributed by atoms with Crippen molar-refractivity contribution in [3.63, 3.8) is 0 Å². The zero-order valence-corrected chi connectivity index (χ0v) is 11.3. The van der Waals surface area contributed by atoms with Gasteiger partial charge in [0.15, 0.2) is 0 Å². The molecule has 2 aromatic rings. The molecule has 3 heteroatoms. The van der Waals surface area contributed by atoms with E-state index < -0.39 is 0 Å². The Balaban J connectivity index is 2.33. The van der Waals surface area contributed by atoms with Crippen molar-refractivity contribution in [2.75, 3.05) is 0 Å². The lowest BCUT2D eigenvalue weighted by atomic mass is 10.1. The fourth-order valence-electron chi connectivity index (χ4n) is 2.06. The van der Waals surface area contributed by atoms with Crippen molar-refractivity contribution in [2.45, 2.75) is 33.1 Å². The molecule has 0 aliphatic carbocycles.